The Morgan fingerprint density at radius 3 is 2.47 bits per heavy atom. The molecule has 0 aromatic rings. The van der Waals surface area contributed by atoms with Crippen molar-refractivity contribution >= 4 is 0 Å². The van der Waals surface area contributed by atoms with E-state index in [9.17, 15) is 0 Å². The van der Waals surface area contributed by atoms with E-state index in [1.807, 2.05) is 7.05 Å². The molecule has 0 amide bonds. The number of hydrogen-bond acceptors (Lipinski definition) is 1. The van der Waals surface area contributed by atoms with E-state index in [0.29, 0.717) is 5.92 Å². The van der Waals surface area contributed by atoms with Crippen LogP contribution in [0.2, 0.25) is 0 Å². The highest BCUT2D eigenvalue weighted by Gasteiger charge is 2.22. The van der Waals surface area contributed by atoms with Crippen molar-refractivity contribution in [3.8, 4) is 0 Å². The minimum absolute atomic E-state index is 0.643. The molecule has 1 aliphatic rings. The molecule has 1 atom stereocenters. The second-order valence-electron chi connectivity index (χ2n) is 5.57. The van der Waals surface area contributed by atoms with Crippen molar-refractivity contribution in [3.63, 3.8) is 0 Å². The summed E-state index contributed by atoms with van der Waals surface area (Å²) in [6.45, 7) is 10.1. The molecule has 0 bridgehead atoms. The Morgan fingerprint density at radius 2 is 2.00 bits per heavy atom. The number of allylic oxidation sites excluding steroid dienone is 3. The van der Waals surface area contributed by atoms with Crippen LogP contribution in [0.25, 0.3) is 0 Å². The SMILES string of the molecule is C/C=C(C)\C(CCC1CC1)=C(/C)[C@@H](C)CNC. The summed E-state index contributed by atoms with van der Waals surface area (Å²) in [6, 6.07) is 0. The van der Waals surface area contributed by atoms with Gasteiger partial charge in [-0.25, -0.2) is 0 Å². The summed E-state index contributed by atoms with van der Waals surface area (Å²) in [5.74, 6) is 1.67. The van der Waals surface area contributed by atoms with Gasteiger partial charge in [0.1, 0.15) is 0 Å². The molecule has 1 heteroatoms. The number of nitrogens with one attached hydrogen (secondary N) is 1. The maximum absolute atomic E-state index is 3.28. The highest BCUT2D eigenvalue weighted by molar-refractivity contribution is 5.34. The molecule has 0 saturated heterocycles. The number of rotatable bonds is 7. The molecule has 1 rings (SSSR count). The van der Waals surface area contributed by atoms with Crippen LogP contribution in [-0.2, 0) is 0 Å². The van der Waals surface area contributed by atoms with Crippen LogP contribution in [0.4, 0.5) is 0 Å². The number of hydrogen-bond donors (Lipinski definition) is 1. The van der Waals surface area contributed by atoms with E-state index in [0.717, 1.165) is 12.5 Å². The molecule has 1 N–H and O–H groups in total. The molecule has 0 aromatic carbocycles. The van der Waals surface area contributed by atoms with Crippen LogP contribution in [0.1, 0.15) is 53.4 Å². The van der Waals surface area contributed by atoms with Crippen molar-refractivity contribution in [3.05, 3.63) is 22.8 Å². The molecule has 0 radical (unpaired) electrons. The van der Waals surface area contributed by atoms with Gasteiger partial charge in [-0.2, -0.15) is 0 Å². The lowest BCUT2D eigenvalue weighted by Crippen LogP contribution is -2.18. The van der Waals surface area contributed by atoms with Gasteiger partial charge in [0.05, 0.1) is 0 Å². The minimum atomic E-state index is 0.643. The summed E-state index contributed by atoms with van der Waals surface area (Å²) < 4.78 is 0. The fourth-order valence-corrected chi connectivity index (χ4v) is 2.39. The Labute approximate surface area is 107 Å². The van der Waals surface area contributed by atoms with Crippen LogP contribution in [0.3, 0.4) is 0 Å². The van der Waals surface area contributed by atoms with Crippen LogP contribution in [0.5, 0.6) is 0 Å². The third-order valence-corrected chi connectivity index (χ3v) is 4.13. The second kappa shape index (κ2) is 7.00. The van der Waals surface area contributed by atoms with Gasteiger partial charge in [-0.05, 0) is 58.1 Å². The lowest BCUT2D eigenvalue weighted by atomic mass is 9.89. The molecule has 0 aliphatic heterocycles. The van der Waals surface area contributed by atoms with Crippen molar-refractivity contribution in [2.75, 3.05) is 13.6 Å². The van der Waals surface area contributed by atoms with Gasteiger partial charge < -0.3 is 5.32 Å². The monoisotopic (exact) mass is 235 g/mol. The first-order valence-corrected chi connectivity index (χ1v) is 7.07. The molecular weight excluding hydrogens is 206 g/mol. The van der Waals surface area contributed by atoms with Crippen molar-refractivity contribution in [1.82, 2.24) is 5.32 Å². The summed E-state index contributed by atoms with van der Waals surface area (Å²) in [4.78, 5) is 0. The molecule has 0 heterocycles. The fourth-order valence-electron chi connectivity index (χ4n) is 2.39. The van der Waals surface area contributed by atoms with E-state index in [2.05, 4.69) is 39.1 Å². The summed E-state index contributed by atoms with van der Waals surface area (Å²) in [7, 11) is 2.04. The zero-order valence-electron chi connectivity index (χ0n) is 12.3. The van der Waals surface area contributed by atoms with Gasteiger partial charge in [-0.15, -0.1) is 0 Å². The molecule has 17 heavy (non-hydrogen) atoms. The molecule has 1 saturated carbocycles. The van der Waals surface area contributed by atoms with Gasteiger partial charge >= 0.3 is 0 Å². The van der Waals surface area contributed by atoms with Crippen molar-refractivity contribution in [1.29, 1.82) is 0 Å². The molecule has 1 aliphatic carbocycles. The van der Waals surface area contributed by atoms with E-state index < -0.39 is 0 Å². The molecule has 1 fully saturated rings. The summed E-state index contributed by atoms with van der Waals surface area (Å²) in [5.41, 5.74) is 4.67. The molecular formula is C16H29N. The average Bonchev–Trinajstić information content (AvgIpc) is 3.12. The van der Waals surface area contributed by atoms with Gasteiger partial charge in [-0.3, -0.25) is 0 Å². The second-order valence-corrected chi connectivity index (χ2v) is 5.57. The maximum Gasteiger partial charge on any atom is 0.00113 e. The zero-order chi connectivity index (χ0) is 12.8. The van der Waals surface area contributed by atoms with Crippen molar-refractivity contribution in [2.24, 2.45) is 11.8 Å². The predicted molar refractivity (Wildman–Crippen MR) is 77.2 cm³/mol. The first-order valence-electron chi connectivity index (χ1n) is 7.07. The summed E-state index contributed by atoms with van der Waals surface area (Å²) in [5, 5.41) is 3.28. The highest BCUT2D eigenvalue weighted by atomic mass is 14.8. The third-order valence-electron chi connectivity index (χ3n) is 4.13. The normalized spacial score (nSPS) is 20.2. The lowest BCUT2D eigenvalue weighted by molar-refractivity contribution is 0.606. The van der Waals surface area contributed by atoms with Crippen LogP contribution in [-0.4, -0.2) is 13.6 Å². The molecule has 98 valence electrons. The van der Waals surface area contributed by atoms with Gasteiger partial charge in [-0.1, -0.05) is 37.0 Å². The van der Waals surface area contributed by atoms with Gasteiger partial charge in [0.15, 0.2) is 0 Å². The molecule has 1 nitrogen and oxygen atoms in total. The van der Waals surface area contributed by atoms with Crippen LogP contribution >= 0.6 is 0 Å². The van der Waals surface area contributed by atoms with E-state index in [1.165, 1.54) is 31.3 Å². The summed E-state index contributed by atoms with van der Waals surface area (Å²) >= 11 is 0. The van der Waals surface area contributed by atoms with Crippen LogP contribution in [0.15, 0.2) is 22.8 Å². The van der Waals surface area contributed by atoms with E-state index >= 15 is 0 Å². The van der Waals surface area contributed by atoms with Crippen LogP contribution < -0.4 is 5.32 Å². The van der Waals surface area contributed by atoms with E-state index in [4.69, 9.17) is 0 Å². The molecule has 0 aromatic heterocycles. The quantitative estimate of drug-likeness (QED) is 0.648. The lowest BCUT2D eigenvalue weighted by Gasteiger charge is -2.19. The van der Waals surface area contributed by atoms with Crippen molar-refractivity contribution < 1.29 is 0 Å². The van der Waals surface area contributed by atoms with Gasteiger partial charge in [0.25, 0.3) is 0 Å². The zero-order valence-corrected chi connectivity index (χ0v) is 12.3. The maximum atomic E-state index is 3.28. The first kappa shape index (κ1) is 14.5. The molecule has 0 spiro atoms. The Morgan fingerprint density at radius 1 is 1.35 bits per heavy atom. The summed E-state index contributed by atoms with van der Waals surface area (Å²) in [6.07, 6.45) is 7.86. The largest absolute Gasteiger partial charge is 0.319 e. The van der Waals surface area contributed by atoms with Crippen molar-refractivity contribution in [2.45, 2.75) is 53.4 Å². The molecule has 0 unspecified atom stereocenters. The van der Waals surface area contributed by atoms with Gasteiger partial charge in [0, 0.05) is 6.54 Å². The van der Waals surface area contributed by atoms with E-state index in [1.54, 1.807) is 11.1 Å². The first-order chi connectivity index (χ1) is 8.10. The fraction of sp³-hybridized carbons (Fsp3) is 0.750. The minimum Gasteiger partial charge on any atom is -0.319 e. The smallest absolute Gasteiger partial charge is 0.00113 e. The average molecular weight is 235 g/mol. The Balaban J connectivity index is 2.73. The Kier molecular flexibility index (Phi) is 5.97. The third kappa shape index (κ3) is 4.67. The predicted octanol–water partition coefficient (Wildman–Crippen LogP) is 4.31. The Hall–Kier alpha value is -0.560. The Bertz CT molecular complexity index is 295. The van der Waals surface area contributed by atoms with Crippen LogP contribution in [0, 0.1) is 11.8 Å². The standard InChI is InChI=1S/C16H29N/c1-6-12(2)16(10-9-15-7-8-15)14(4)13(3)11-17-5/h6,13,15,17H,7-11H2,1-5H3/b12-6-,16-14+/t13-/m0/s1. The van der Waals surface area contributed by atoms with Gasteiger partial charge in [0.2, 0.25) is 0 Å². The van der Waals surface area contributed by atoms with E-state index in [-0.39, 0.29) is 0 Å². The highest BCUT2D eigenvalue weighted by Crippen LogP contribution is 2.36. The topological polar surface area (TPSA) is 12.0 Å².